The molecule has 0 aromatic heterocycles. The predicted molar refractivity (Wildman–Crippen MR) is 307 cm³/mol. The third-order valence-electron chi connectivity index (χ3n) is 14.8. The van der Waals surface area contributed by atoms with Crippen LogP contribution in [-0.2, 0) is 5.41 Å². The minimum absolute atomic E-state index is 0.276. The van der Waals surface area contributed by atoms with Gasteiger partial charge < -0.3 is 14.7 Å². The van der Waals surface area contributed by atoms with Crippen LogP contribution in [0.5, 0.6) is 0 Å². The molecule has 1 aliphatic rings. The fourth-order valence-electron chi connectivity index (χ4n) is 10.9. The van der Waals surface area contributed by atoms with Gasteiger partial charge in [0.1, 0.15) is 0 Å². The molecule has 0 fully saturated rings. The topological polar surface area (TPSA) is 9.72 Å². The lowest BCUT2D eigenvalue weighted by atomic mass is 9.72. The number of aryl methyl sites for hydroxylation is 6. The molecule has 0 atom stereocenters. The highest BCUT2D eigenvalue weighted by molar-refractivity contribution is 5.98. The van der Waals surface area contributed by atoms with Gasteiger partial charge in [0.2, 0.25) is 0 Å². The second-order valence-corrected chi connectivity index (χ2v) is 20.3. The summed E-state index contributed by atoms with van der Waals surface area (Å²) in [5, 5.41) is 0. The van der Waals surface area contributed by atoms with Crippen LogP contribution in [-0.4, -0.2) is 0 Å². The van der Waals surface area contributed by atoms with E-state index in [-0.39, 0.29) is 5.41 Å². The van der Waals surface area contributed by atoms with Gasteiger partial charge in [-0.2, -0.15) is 0 Å². The molecule has 3 heteroatoms. The lowest BCUT2D eigenvalue weighted by Crippen LogP contribution is -2.30. The monoisotopic (exact) mass is 931 g/mol. The molecule has 0 saturated heterocycles. The van der Waals surface area contributed by atoms with E-state index in [1.165, 1.54) is 89.3 Å². The molecule has 0 unspecified atom stereocenters. The van der Waals surface area contributed by atoms with Crippen molar-refractivity contribution in [1.29, 1.82) is 0 Å². The lowest BCUT2D eigenvalue weighted by Gasteiger charge is -2.42. The van der Waals surface area contributed by atoms with Crippen LogP contribution in [0.2, 0.25) is 0 Å². The molecule has 11 rings (SSSR count). The number of rotatable bonds is 10. The van der Waals surface area contributed by atoms with Crippen molar-refractivity contribution in [1.82, 2.24) is 0 Å². The minimum Gasteiger partial charge on any atom is -0.310 e. The van der Waals surface area contributed by atoms with Crippen molar-refractivity contribution in [2.24, 2.45) is 0 Å². The Bertz CT molecular complexity index is 3330. The second-order valence-electron chi connectivity index (χ2n) is 20.3. The van der Waals surface area contributed by atoms with E-state index in [9.17, 15) is 0 Å². The van der Waals surface area contributed by atoms with Crippen molar-refractivity contribution in [3.63, 3.8) is 0 Å². The molecule has 352 valence electrons. The van der Waals surface area contributed by atoms with Crippen LogP contribution >= 0.6 is 0 Å². The van der Waals surface area contributed by atoms with E-state index in [0.29, 0.717) is 0 Å². The standard InChI is InChI=1S/C69H61N3/c1-46-21-30-54(31-22-46)70(55-32-23-47(2)24-33-55)58-38-40-60(50(5)43-58)62-17-14-18-63(61-41-39-59(44-51(61)6)71(56-34-25-48(3)26-35-56)57-36-27-49(4)28-37-57)68(62)52-29-42-67-65(45-52)69(7,8)64-19-12-13-20-66(64)72(67)53-15-10-9-11-16-53/h9-45H,1-8H3. The van der Waals surface area contributed by atoms with Gasteiger partial charge in [-0.1, -0.05) is 157 Å². The number of hydrogen-bond donors (Lipinski definition) is 0. The van der Waals surface area contributed by atoms with E-state index < -0.39 is 0 Å². The van der Waals surface area contributed by atoms with Gasteiger partial charge >= 0.3 is 0 Å². The summed E-state index contributed by atoms with van der Waals surface area (Å²) in [5.74, 6) is 0. The molecule has 0 aliphatic carbocycles. The molecular formula is C69H61N3. The first-order chi connectivity index (χ1) is 34.9. The number of nitrogens with zero attached hydrogens (tertiary/aromatic N) is 3. The number of hydrogen-bond acceptors (Lipinski definition) is 3. The summed E-state index contributed by atoms with van der Waals surface area (Å²) in [4.78, 5) is 7.19. The molecule has 0 radical (unpaired) electrons. The number of para-hydroxylation sites is 2. The van der Waals surface area contributed by atoms with Crippen LogP contribution in [0.1, 0.15) is 58.4 Å². The van der Waals surface area contributed by atoms with Crippen molar-refractivity contribution < 1.29 is 0 Å². The number of benzene rings is 10. The molecule has 1 heterocycles. The molecule has 3 nitrogen and oxygen atoms in total. The minimum atomic E-state index is -0.276. The average Bonchev–Trinajstić information content (AvgIpc) is 3.39. The summed E-state index contributed by atoms with van der Waals surface area (Å²) in [6.07, 6.45) is 0. The van der Waals surface area contributed by atoms with E-state index in [0.717, 1.165) is 39.8 Å². The number of anilines is 9. The first kappa shape index (κ1) is 46.0. The highest BCUT2D eigenvalue weighted by atomic mass is 15.2. The van der Waals surface area contributed by atoms with Crippen molar-refractivity contribution in [2.75, 3.05) is 14.7 Å². The quantitative estimate of drug-likeness (QED) is 0.135. The maximum atomic E-state index is 2.49. The predicted octanol–water partition coefficient (Wildman–Crippen LogP) is 19.6. The van der Waals surface area contributed by atoms with Crippen molar-refractivity contribution in [2.45, 2.75) is 60.8 Å². The Morgan fingerprint density at radius 3 is 1.17 bits per heavy atom. The van der Waals surface area contributed by atoms with Gasteiger partial charge in [-0.25, -0.2) is 0 Å². The third-order valence-corrected chi connectivity index (χ3v) is 14.8. The highest BCUT2D eigenvalue weighted by Crippen LogP contribution is 2.54. The zero-order valence-corrected chi connectivity index (χ0v) is 42.7. The van der Waals surface area contributed by atoms with Crippen LogP contribution in [0, 0.1) is 41.5 Å². The molecule has 0 bridgehead atoms. The Kier molecular flexibility index (Phi) is 12.0. The highest BCUT2D eigenvalue weighted by Gasteiger charge is 2.37. The summed E-state index contributed by atoms with van der Waals surface area (Å²) in [6, 6.07) is 83.3. The zero-order valence-electron chi connectivity index (χ0n) is 42.7. The Morgan fingerprint density at radius 1 is 0.319 bits per heavy atom. The van der Waals surface area contributed by atoms with Gasteiger partial charge in [-0.05, 0) is 200 Å². The Morgan fingerprint density at radius 2 is 0.722 bits per heavy atom. The normalized spacial score (nSPS) is 12.5. The summed E-state index contributed by atoms with van der Waals surface area (Å²) in [7, 11) is 0. The van der Waals surface area contributed by atoms with Crippen LogP contribution in [0.3, 0.4) is 0 Å². The lowest BCUT2D eigenvalue weighted by molar-refractivity contribution is 0.632. The molecular weight excluding hydrogens is 871 g/mol. The second kappa shape index (κ2) is 18.7. The molecule has 0 spiro atoms. The molecule has 1 aliphatic heterocycles. The van der Waals surface area contributed by atoms with E-state index in [1.54, 1.807) is 0 Å². The molecule has 0 amide bonds. The van der Waals surface area contributed by atoms with E-state index in [4.69, 9.17) is 0 Å². The van der Waals surface area contributed by atoms with Crippen LogP contribution < -0.4 is 14.7 Å². The molecule has 10 aromatic rings. The van der Waals surface area contributed by atoms with E-state index in [2.05, 4.69) is 295 Å². The summed E-state index contributed by atoms with van der Waals surface area (Å²) in [5.41, 5.74) is 27.2. The van der Waals surface area contributed by atoms with E-state index >= 15 is 0 Å². The van der Waals surface area contributed by atoms with Crippen LogP contribution in [0.25, 0.3) is 33.4 Å². The van der Waals surface area contributed by atoms with Gasteiger partial charge in [0, 0.05) is 45.2 Å². The van der Waals surface area contributed by atoms with Gasteiger partial charge in [-0.15, -0.1) is 0 Å². The third kappa shape index (κ3) is 8.45. The molecule has 0 saturated carbocycles. The molecule has 10 aromatic carbocycles. The molecule has 0 N–H and O–H groups in total. The smallest absolute Gasteiger partial charge is 0.0503 e. The summed E-state index contributed by atoms with van der Waals surface area (Å²) in [6.45, 7) is 17.9. The summed E-state index contributed by atoms with van der Waals surface area (Å²) < 4.78 is 0. The van der Waals surface area contributed by atoms with Gasteiger partial charge in [-0.3, -0.25) is 0 Å². The number of fused-ring (bicyclic) bond motifs is 2. The van der Waals surface area contributed by atoms with Crippen molar-refractivity contribution >= 4 is 51.2 Å². The fraction of sp³-hybridized carbons (Fsp3) is 0.130. The van der Waals surface area contributed by atoms with Crippen molar-refractivity contribution in [3.05, 3.63) is 269 Å². The average molecular weight is 932 g/mol. The Hall–Kier alpha value is -8.40. The SMILES string of the molecule is Cc1ccc(N(c2ccc(C)cc2)c2ccc(-c3cccc(-c4ccc(N(c5ccc(C)cc5)c5ccc(C)cc5)cc4C)c3-c3ccc4c(c3)C(C)(C)c3ccccc3N4c3ccccc3)c(C)c2)cc1. The van der Waals surface area contributed by atoms with E-state index in [1.807, 2.05) is 0 Å². The largest absolute Gasteiger partial charge is 0.310 e. The van der Waals surface area contributed by atoms with Crippen LogP contribution in [0.4, 0.5) is 51.2 Å². The van der Waals surface area contributed by atoms with Crippen LogP contribution in [0.15, 0.2) is 224 Å². The zero-order chi connectivity index (χ0) is 49.7. The first-order valence-corrected chi connectivity index (χ1v) is 25.2. The van der Waals surface area contributed by atoms with Gasteiger partial charge in [0.05, 0.1) is 11.4 Å². The van der Waals surface area contributed by atoms with Gasteiger partial charge in [0.25, 0.3) is 0 Å². The first-order valence-electron chi connectivity index (χ1n) is 25.2. The Labute approximate surface area is 427 Å². The maximum absolute atomic E-state index is 2.49. The van der Waals surface area contributed by atoms with Gasteiger partial charge in [0.15, 0.2) is 0 Å². The fourth-order valence-corrected chi connectivity index (χ4v) is 10.9. The maximum Gasteiger partial charge on any atom is 0.0503 e. The molecule has 72 heavy (non-hydrogen) atoms. The van der Waals surface area contributed by atoms with Crippen molar-refractivity contribution in [3.8, 4) is 33.4 Å². The summed E-state index contributed by atoms with van der Waals surface area (Å²) >= 11 is 0. The Balaban J connectivity index is 1.11.